The number of methoxy groups -OCH3 is 1. The molecule has 2 saturated heterocycles. The average Bonchev–Trinajstić information content (AvgIpc) is 3.25. The normalized spacial score (nSPS) is 23.3. The number of benzene rings is 1. The van der Waals surface area contributed by atoms with Crippen LogP contribution < -0.4 is 0 Å². The lowest BCUT2D eigenvalue weighted by atomic mass is 9.96. The Morgan fingerprint density at radius 2 is 2.08 bits per heavy atom. The minimum absolute atomic E-state index is 0.0134. The van der Waals surface area contributed by atoms with Crippen molar-refractivity contribution in [3.8, 4) is 0 Å². The molecule has 2 aliphatic rings. The molecule has 2 heterocycles. The lowest BCUT2D eigenvalue weighted by molar-refractivity contribution is -0.136. The number of nitrogens with zero attached hydrogens (tertiary/aromatic N) is 2. The number of hydrogen-bond donors (Lipinski definition) is 0. The Morgan fingerprint density at radius 1 is 1.28 bits per heavy atom. The number of aryl methyl sites for hydroxylation is 1. The van der Waals surface area contributed by atoms with Gasteiger partial charge in [-0.3, -0.25) is 9.59 Å². The molecule has 0 bridgehead atoms. The Kier molecular flexibility index (Phi) is 5.37. The van der Waals surface area contributed by atoms with Gasteiger partial charge in [-0.1, -0.05) is 11.6 Å². The van der Waals surface area contributed by atoms with Gasteiger partial charge in [0, 0.05) is 32.8 Å². The van der Waals surface area contributed by atoms with E-state index in [1.807, 2.05) is 11.8 Å². The summed E-state index contributed by atoms with van der Waals surface area (Å²) < 4.78 is 19.0. The van der Waals surface area contributed by atoms with Crippen LogP contribution in [0.25, 0.3) is 0 Å². The first kappa shape index (κ1) is 17.9. The Morgan fingerprint density at radius 3 is 2.84 bits per heavy atom. The molecule has 1 aromatic rings. The van der Waals surface area contributed by atoms with E-state index >= 15 is 0 Å². The van der Waals surface area contributed by atoms with Gasteiger partial charge < -0.3 is 14.5 Å². The topological polar surface area (TPSA) is 49.9 Å². The molecular weight excluding hydrogens is 323 g/mol. The summed E-state index contributed by atoms with van der Waals surface area (Å²) in [6.45, 7) is 3.89. The van der Waals surface area contributed by atoms with Gasteiger partial charge in [0.1, 0.15) is 12.4 Å². The van der Waals surface area contributed by atoms with Crippen LogP contribution in [0.4, 0.5) is 4.39 Å². The molecule has 0 saturated carbocycles. The molecule has 3 rings (SSSR count). The van der Waals surface area contributed by atoms with Crippen molar-refractivity contribution in [2.45, 2.75) is 32.2 Å². The molecule has 25 heavy (non-hydrogen) atoms. The van der Waals surface area contributed by atoms with Crippen LogP contribution in [0.5, 0.6) is 0 Å². The summed E-state index contributed by atoms with van der Waals surface area (Å²) in [6.07, 6.45) is 2.79. The quantitative estimate of drug-likeness (QED) is 0.838. The maximum atomic E-state index is 14.0. The highest BCUT2D eigenvalue weighted by Gasteiger charge is 2.39. The van der Waals surface area contributed by atoms with Gasteiger partial charge in [0.05, 0.1) is 5.56 Å². The SMILES string of the molecule is COCC(=O)N1CCCC1C1CCN(C(=O)c2cc(C)ccc2F)C1. The molecule has 0 aromatic heterocycles. The van der Waals surface area contributed by atoms with E-state index in [-0.39, 0.29) is 35.9 Å². The lowest BCUT2D eigenvalue weighted by Crippen LogP contribution is -2.43. The predicted molar refractivity (Wildman–Crippen MR) is 91.8 cm³/mol. The summed E-state index contributed by atoms with van der Waals surface area (Å²) in [5.74, 6) is -0.465. The summed E-state index contributed by atoms with van der Waals surface area (Å²) in [5.41, 5.74) is 1.01. The monoisotopic (exact) mass is 348 g/mol. The molecule has 5 nitrogen and oxygen atoms in total. The van der Waals surface area contributed by atoms with Gasteiger partial charge >= 0.3 is 0 Å². The number of likely N-dealkylation sites (tertiary alicyclic amines) is 2. The number of ether oxygens (including phenoxy) is 1. The van der Waals surface area contributed by atoms with Crippen LogP contribution in [0.2, 0.25) is 0 Å². The van der Waals surface area contributed by atoms with E-state index in [1.54, 1.807) is 17.0 Å². The third kappa shape index (κ3) is 3.68. The minimum Gasteiger partial charge on any atom is -0.375 e. The largest absolute Gasteiger partial charge is 0.375 e. The number of halogens is 1. The molecule has 0 aliphatic carbocycles. The van der Waals surface area contributed by atoms with Crippen molar-refractivity contribution < 1.29 is 18.7 Å². The van der Waals surface area contributed by atoms with Gasteiger partial charge in [-0.05, 0) is 44.2 Å². The number of carbonyl (C=O) groups excluding carboxylic acids is 2. The van der Waals surface area contributed by atoms with Gasteiger partial charge in [0.25, 0.3) is 5.91 Å². The maximum absolute atomic E-state index is 14.0. The van der Waals surface area contributed by atoms with Crippen LogP contribution >= 0.6 is 0 Å². The van der Waals surface area contributed by atoms with E-state index in [4.69, 9.17) is 4.74 Å². The molecule has 136 valence electrons. The van der Waals surface area contributed by atoms with Gasteiger partial charge in [-0.2, -0.15) is 0 Å². The standard InChI is InChI=1S/C19H25FN2O3/c1-13-5-6-16(20)15(10-13)19(24)21-9-7-14(11-21)17-4-3-8-22(17)18(23)12-25-2/h5-6,10,14,17H,3-4,7-9,11-12H2,1-2H3. The zero-order valence-electron chi connectivity index (χ0n) is 14.8. The van der Waals surface area contributed by atoms with Crippen LogP contribution in [0.1, 0.15) is 35.2 Å². The minimum atomic E-state index is -0.475. The van der Waals surface area contributed by atoms with Gasteiger partial charge in [0.15, 0.2) is 0 Å². The van der Waals surface area contributed by atoms with Gasteiger partial charge in [-0.15, -0.1) is 0 Å². The van der Waals surface area contributed by atoms with Crippen molar-refractivity contribution in [2.75, 3.05) is 33.4 Å². The summed E-state index contributed by atoms with van der Waals surface area (Å²) in [7, 11) is 1.52. The van der Waals surface area contributed by atoms with E-state index in [2.05, 4.69) is 0 Å². The van der Waals surface area contributed by atoms with Gasteiger partial charge in [0.2, 0.25) is 5.91 Å². The fourth-order valence-electron chi connectivity index (χ4n) is 4.06. The predicted octanol–water partition coefficient (Wildman–Crippen LogP) is 2.23. The van der Waals surface area contributed by atoms with Crippen LogP contribution in [0.3, 0.4) is 0 Å². The smallest absolute Gasteiger partial charge is 0.256 e. The Bertz CT molecular complexity index is 664. The zero-order valence-corrected chi connectivity index (χ0v) is 14.8. The first-order valence-corrected chi connectivity index (χ1v) is 8.85. The van der Waals surface area contributed by atoms with E-state index in [1.165, 1.54) is 13.2 Å². The molecular formula is C19H25FN2O3. The molecule has 6 heteroatoms. The maximum Gasteiger partial charge on any atom is 0.256 e. The van der Waals surface area contributed by atoms with Gasteiger partial charge in [-0.25, -0.2) is 4.39 Å². The summed E-state index contributed by atoms with van der Waals surface area (Å²) in [4.78, 5) is 28.5. The number of amides is 2. The molecule has 2 aliphatic heterocycles. The van der Waals surface area contributed by atoms with Crippen molar-refractivity contribution in [3.05, 3.63) is 35.1 Å². The third-order valence-electron chi connectivity index (χ3n) is 5.30. The highest BCUT2D eigenvalue weighted by atomic mass is 19.1. The number of hydrogen-bond acceptors (Lipinski definition) is 3. The Hall–Kier alpha value is -1.95. The first-order chi connectivity index (χ1) is 12.0. The molecule has 1 aromatic carbocycles. The second kappa shape index (κ2) is 7.52. The molecule has 2 fully saturated rings. The first-order valence-electron chi connectivity index (χ1n) is 8.85. The zero-order chi connectivity index (χ0) is 18.0. The van der Waals surface area contributed by atoms with Crippen LogP contribution in [0, 0.1) is 18.7 Å². The van der Waals surface area contributed by atoms with Crippen molar-refractivity contribution in [2.24, 2.45) is 5.92 Å². The second-order valence-electron chi connectivity index (χ2n) is 7.01. The van der Waals surface area contributed by atoms with E-state index < -0.39 is 5.82 Å². The van der Waals surface area contributed by atoms with Crippen molar-refractivity contribution in [1.29, 1.82) is 0 Å². The average molecular weight is 348 g/mol. The molecule has 2 amide bonds. The summed E-state index contributed by atoms with van der Waals surface area (Å²) >= 11 is 0. The molecule has 0 radical (unpaired) electrons. The van der Waals surface area contributed by atoms with E-state index in [0.29, 0.717) is 13.1 Å². The van der Waals surface area contributed by atoms with Crippen molar-refractivity contribution >= 4 is 11.8 Å². The van der Waals surface area contributed by atoms with E-state index in [9.17, 15) is 14.0 Å². The fourth-order valence-corrected chi connectivity index (χ4v) is 4.06. The molecule has 2 unspecified atom stereocenters. The number of rotatable bonds is 4. The van der Waals surface area contributed by atoms with Crippen LogP contribution in [-0.2, 0) is 9.53 Å². The summed E-state index contributed by atoms with van der Waals surface area (Å²) in [5, 5.41) is 0. The van der Waals surface area contributed by atoms with Crippen molar-refractivity contribution in [1.82, 2.24) is 9.80 Å². The van der Waals surface area contributed by atoms with Crippen LogP contribution in [0.15, 0.2) is 18.2 Å². The highest BCUT2D eigenvalue weighted by Crippen LogP contribution is 2.31. The van der Waals surface area contributed by atoms with Crippen molar-refractivity contribution in [3.63, 3.8) is 0 Å². The third-order valence-corrected chi connectivity index (χ3v) is 5.30. The second-order valence-corrected chi connectivity index (χ2v) is 7.01. The lowest BCUT2D eigenvalue weighted by Gasteiger charge is -2.29. The number of carbonyl (C=O) groups is 2. The Labute approximate surface area is 147 Å². The molecule has 2 atom stereocenters. The molecule has 0 spiro atoms. The van der Waals surface area contributed by atoms with E-state index in [0.717, 1.165) is 31.4 Å². The highest BCUT2D eigenvalue weighted by molar-refractivity contribution is 5.94. The summed E-state index contributed by atoms with van der Waals surface area (Å²) in [6, 6.07) is 4.77. The fraction of sp³-hybridized carbons (Fsp3) is 0.579. The van der Waals surface area contributed by atoms with Crippen LogP contribution in [-0.4, -0.2) is 61.0 Å². The molecule has 0 N–H and O–H groups in total. The Balaban J connectivity index is 1.68.